The first kappa shape index (κ1) is 18.0. The lowest BCUT2D eigenvalue weighted by Gasteiger charge is -2.10. The average Bonchev–Trinajstić information content (AvgIpc) is 2.96. The highest BCUT2D eigenvalue weighted by molar-refractivity contribution is 5.43. The van der Waals surface area contributed by atoms with E-state index in [0.29, 0.717) is 0 Å². The van der Waals surface area contributed by atoms with Crippen molar-refractivity contribution < 1.29 is 9.47 Å². The standard InChI is InChI=1S/C21H25N3O2/c1-15-19(16(2)24(23-15)18-8-6-5-7-9-18)14-22-13-17-10-11-20(25-3)21(12-17)26-4/h5-12,22H,13-14H2,1-4H3. The van der Waals surface area contributed by atoms with E-state index in [1.807, 2.05) is 41.1 Å². The lowest BCUT2D eigenvalue weighted by molar-refractivity contribution is 0.354. The third-order valence-corrected chi connectivity index (χ3v) is 4.52. The van der Waals surface area contributed by atoms with Crippen LogP contribution in [0, 0.1) is 13.8 Å². The van der Waals surface area contributed by atoms with E-state index in [4.69, 9.17) is 14.6 Å². The molecule has 5 heteroatoms. The maximum absolute atomic E-state index is 5.37. The third-order valence-electron chi connectivity index (χ3n) is 4.52. The largest absolute Gasteiger partial charge is 0.493 e. The van der Waals surface area contributed by atoms with E-state index in [9.17, 15) is 0 Å². The predicted octanol–water partition coefficient (Wildman–Crippen LogP) is 3.80. The van der Waals surface area contributed by atoms with Crippen molar-refractivity contribution in [2.24, 2.45) is 0 Å². The molecule has 0 aliphatic carbocycles. The SMILES string of the molecule is COc1ccc(CNCc2c(C)nn(-c3ccccc3)c2C)cc1OC. The van der Waals surface area contributed by atoms with Crippen LogP contribution in [0.2, 0.25) is 0 Å². The van der Waals surface area contributed by atoms with E-state index >= 15 is 0 Å². The molecule has 0 saturated carbocycles. The molecule has 0 unspecified atom stereocenters. The summed E-state index contributed by atoms with van der Waals surface area (Å²) in [5.74, 6) is 1.49. The molecule has 0 aliphatic heterocycles. The van der Waals surface area contributed by atoms with Gasteiger partial charge in [0.05, 0.1) is 25.6 Å². The lowest BCUT2D eigenvalue weighted by Crippen LogP contribution is -2.14. The average molecular weight is 351 g/mol. The molecule has 0 amide bonds. The Morgan fingerprint density at radius 1 is 0.923 bits per heavy atom. The van der Waals surface area contributed by atoms with E-state index in [0.717, 1.165) is 47.2 Å². The Bertz CT molecular complexity index is 872. The smallest absolute Gasteiger partial charge is 0.161 e. The number of hydrogen-bond donors (Lipinski definition) is 1. The van der Waals surface area contributed by atoms with Gasteiger partial charge < -0.3 is 14.8 Å². The number of aromatic nitrogens is 2. The minimum atomic E-state index is 0.743. The van der Waals surface area contributed by atoms with E-state index in [-0.39, 0.29) is 0 Å². The normalized spacial score (nSPS) is 10.8. The maximum Gasteiger partial charge on any atom is 0.161 e. The first-order chi connectivity index (χ1) is 12.6. The van der Waals surface area contributed by atoms with Crippen LogP contribution in [0.25, 0.3) is 5.69 Å². The van der Waals surface area contributed by atoms with Crippen molar-refractivity contribution in [3.8, 4) is 17.2 Å². The van der Waals surface area contributed by atoms with Gasteiger partial charge >= 0.3 is 0 Å². The van der Waals surface area contributed by atoms with Crippen molar-refractivity contribution in [3.05, 3.63) is 71.0 Å². The fourth-order valence-electron chi connectivity index (χ4n) is 3.07. The molecule has 0 fully saturated rings. The van der Waals surface area contributed by atoms with Gasteiger partial charge in [-0.15, -0.1) is 0 Å². The number of benzene rings is 2. The Kier molecular flexibility index (Phi) is 5.58. The summed E-state index contributed by atoms with van der Waals surface area (Å²) >= 11 is 0. The fourth-order valence-corrected chi connectivity index (χ4v) is 3.07. The Morgan fingerprint density at radius 3 is 2.35 bits per heavy atom. The van der Waals surface area contributed by atoms with Gasteiger partial charge in [-0.1, -0.05) is 24.3 Å². The van der Waals surface area contributed by atoms with Crippen molar-refractivity contribution in [2.45, 2.75) is 26.9 Å². The van der Waals surface area contributed by atoms with Gasteiger partial charge in [0, 0.05) is 24.3 Å². The van der Waals surface area contributed by atoms with Gasteiger partial charge in [-0.25, -0.2) is 4.68 Å². The molecule has 5 nitrogen and oxygen atoms in total. The summed E-state index contributed by atoms with van der Waals surface area (Å²) in [5.41, 5.74) is 5.67. The number of methoxy groups -OCH3 is 2. The highest BCUT2D eigenvalue weighted by atomic mass is 16.5. The molecule has 1 N–H and O–H groups in total. The molecule has 0 spiro atoms. The molecule has 136 valence electrons. The molecule has 3 rings (SSSR count). The lowest BCUT2D eigenvalue weighted by atomic mass is 10.1. The Balaban J connectivity index is 1.70. The second-order valence-corrected chi connectivity index (χ2v) is 6.19. The molecule has 26 heavy (non-hydrogen) atoms. The van der Waals surface area contributed by atoms with Crippen LogP contribution in [-0.2, 0) is 13.1 Å². The molecule has 0 aliphatic rings. The predicted molar refractivity (Wildman–Crippen MR) is 103 cm³/mol. The number of aryl methyl sites for hydroxylation is 1. The summed E-state index contributed by atoms with van der Waals surface area (Å²) < 4.78 is 12.7. The molecule has 1 aromatic heterocycles. The Morgan fingerprint density at radius 2 is 1.65 bits per heavy atom. The number of hydrogen-bond acceptors (Lipinski definition) is 4. The number of ether oxygens (including phenoxy) is 2. The molecule has 3 aromatic rings. The monoisotopic (exact) mass is 351 g/mol. The Labute approximate surface area is 154 Å². The minimum Gasteiger partial charge on any atom is -0.493 e. The summed E-state index contributed by atoms with van der Waals surface area (Å²) in [5, 5.41) is 8.20. The van der Waals surface area contributed by atoms with Crippen molar-refractivity contribution in [1.29, 1.82) is 0 Å². The highest BCUT2D eigenvalue weighted by Gasteiger charge is 2.12. The van der Waals surface area contributed by atoms with Crippen molar-refractivity contribution in [3.63, 3.8) is 0 Å². The summed E-state index contributed by atoms with van der Waals surface area (Å²) in [6.45, 7) is 5.68. The van der Waals surface area contributed by atoms with Crippen LogP contribution in [0.4, 0.5) is 0 Å². The number of rotatable bonds is 7. The van der Waals surface area contributed by atoms with Crippen LogP contribution in [0.3, 0.4) is 0 Å². The first-order valence-electron chi connectivity index (χ1n) is 8.66. The van der Waals surface area contributed by atoms with Crippen LogP contribution >= 0.6 is 0 Å². The van der Waals surface area contributed by atoms with Gasteiger partial charge in [-0.3, -0.25) is 0 Å². The number of nitrogens with zero attached hydrogens (tertiary/aromatic N) is 2. The molecular weight excluding hydrogens is 326 g/mol. The van der Waals surface area contributed by atoms with E-state index < -0.39 is 0 Å². The molecule has 0 atom stereocenters. The van der Waals surface area contributed by atoms with Gasteiger partial charge in [-0.05, 0) is 43.7 Å². The second kappa shape index (κ2) is 8.06. The molecule has 0 radical (unpaired) electrons. The fraction of sp³-hybridized carbons (Fsp3) is 0.286. The third kappa shape index (κ3) is 3.73. The van der Waals surface area contributed by atoms with Gasteiger partial charge in [-0.2, -0.15) is 5.10 Å². The zero-order chi connectivity index (χ0) is 18.5. The maximum atomic E-state index is 5.37. The van der Waals surface area contributed by atoms with Crippen molar-refractivity contribution in [1.82, 2.24) is 15.1 Å². The van der Waals surface area contributed by atoms with Crippen molar-refractivity contribution in [2.75, 3.05) is 14.2 Å². The van der Waals surface area contributed by atoms with Crippen LogP contribution in [0.1, 0.15) is 22.5 Å². The molecule has 0 bridgehead atoms. The zero-order valence-electron chi connectivity index (χ0n) is 15.7. The molecule has 0 saturated heterocycles. The molecular formula is C21H25N3O2. The topological polar surface area (TPSA) is 48.3 Å². The summed E-state index contributed by atoms with van der Waals surface area (Å²) in [4.78, 5) is 0. The number of nitrogens with one attached hydrogen (secondary N) is 1. The van der Waals surface area contributed by atoms with E-state index in [2.05, 4.69) is 31.3 Å². The zero-order valence-corrected chi connectivity index (χ0v) is 15.7. The van der Waals surface area contributed by atoms with Gasteiger partial charge in [0.25, 0.3) is 0 Å². The van der Waals surface area contributed by atoms with Crippen LogP contribution in [0.15, 0.2) is 48.5 Å². The quantitative estimate of drug-likeness (QED) is 0.703. The summed E-state index contributed by atoms with van der Waals surface area (Å²) in [6, 6.07) is 16.2. The Hall–Kier alpha value is -2.79. The van der Waals surface area contributed by atoms with Crippen molar-refractivity contribution >= 4 is 0 Å². The number of para-hydroxylation sites is 1. The van der Waals surface area contributed by atoms with Gasteiger partial charge in [0.1, 0.15) is 0 Å². The first-order valence-corrected chi connectivity index (χ1v) is 8.66. The van der Waals surface area contributed by atoms with Gasteiger partial charge in [0.2, 0.25) is 0 Å². The van der Waals surface area contributed by atoms with E-state index in [1.165, 1.54) is 5.56 Å². The van der Waals surface area contributed by atoms with E-state index in [1.54, 1.807) is 14.2 Å². The second-order valence-electron chi connectivity index (χ2n) is 6.19. The van der Waals surface area contributed by atoms with Crippen LogP contribution < -0.4 is 14.8 Å². The van der Waals surface area contributed by atoms with Crippen LogP contribution in [0.5, 0.6) is 11.5 Å². The minimum absolute atomic E-state index is 0.743. The van der Waals surface area contributed by atoms with Crippen LogP contribution in [-0.4, -0.2) is 24.0 Å². The molecule has 1 heterocycles. The van der Waals surface area contributed by atoms with Gasteiger partial charge in [0.15, 0.2) is 11.5 Å². The summed E-state index contributed by atoms with van der Waals surface area (Å²) in [6.07, 6.45) is 0. The molecule has 2 aromatic carbocycles. The summed E-state index contributed by atoms with van der Waals surface area (Å²) in [7, 11) is 3.30. The highest BCUT2D eigenvalue weighted by Crippen LogP contribution is 2.27.